The predicted molar refractivity (Wildman–Crippen MR) is 153 cm³/mol. The zero-order valence-electron chi connectivity index (χ0n) is 23.8. The summed E-state index contributed by atoms with van der Waals surface area (Å²) in [5.41, 5.74) is 12.3. The number of allylic oxidation sites excluding steroid dienone is 4. The Balaban J connectivity index is 0.00000200. The molecule has 3 aromatic rings. The molecule has 3 heteroatoms. The fourth-order valence-corrected chi connectivity index (χ4v) is 16.5. The molecule has 0 amide bonds. The Bertz CT molecular complexity index is 1350. The van der Waals surface area contributed by atoms with E-state index in [-0.39, 0.29) is 30.2 Å². The Morgan fingerprint density at radius 3 is 1.79 bits per heavy atom. The molecule has 1 atom stereocenters. The molecule has 0 N–H and O–H groups in total. The van der Waals surface area contributed by atoms with Crippen molar-refractivity contribution in [2.45, 2.75) is 64.9 Å². The first-order chi connectivity index (χ1) is 17.3. The van der Waals surface area contributed by atoms with E-state index in [9.17, 15) is 0 Å². The van der Waals surface area contributed by atoms with Crippen LogP contribution in [0.3, 0.4) is 0 Å². The molecule has 0 radical (unpaired) electrons. The maximum Gasteiger partial charge on any atom is -1.00 e. The van der Waals surface area contributed by atoms with Gasteiger partial charge >= 0.3 is 227 Å². The van der Waals surface area contributed by atoms with Crippen LogP contribution in [0.2, 0.25) is 0 Å². The monoisotopic (exact) mass is 620 g/mol. The molecule has 0 spiro atoms. The van der Waals surface area contributed by atoms with Gasteiger partial charge in [-0.1, -0.05) is 0 Å². The molecule has 0 saturated heterocycles. The summed E-state index contributed by atoms with van der Waals surface area (Å²) in [5.74, 6) is 0.573. The van der Waals surface area contributed by atoms with Crippen LogP contribution < -0.4 is 24.8 Å². The molecule has 0 heterocycles. The predicted octanol–water partition coefficient (Wildman–Crippen LogP) is 3.61. The Morgan fingerprint density at radius 1 is 0.789 bits per heavy atom. The van der Waals surface area contributed by atoms with Crippen molar-refractivity contribution in [1.82, 2.24) is 0 Å². The number of fused-ring (bicyclic) bond motifs is 3. The minimum atomic E-state index is -2.50. The van der Waals surface area contributed by atoms with Crippen LogP contribution in [0, 0.1) is 18.3 Å². The Labute approximate surface area is 250 Å². The standard InChI is InChI=1S/C13H9.C13H21.C9H10.2ClH.Zr/c1-3-7-12-10(5-1)9-11-6-2-4-8-13(11)12;1-6-10-8-11(7-2)12(9-10)13(3,4)5;1-3-9-6-4-8(2)5-7-9;;;/h1-9H;9-10H,6-7H2,1-5H3;4-7H,1-2H3;2*1H;/q;;;;;+2/p-2. The van der Waals surface area contributed by atoms with Crippen LogP contribution in [0.25, 0.3) is 11.1 Å². The van der Waals surface area contributed by atoms with Crippen molar-refractivity contribution in [1.29, 1.82) is 0 Å². The first-order valence-electron chi connectivity index (χ1n) is 13.7. The fourth-order valence-electron chi connectivity index (χ4n) is 6.52. The molecule has 0 fully saturated rings. The van der Waals surface area contributed by atoms with Crippen LogP contribution in [-0.4, -0.2) is 3.21 Å². The van der Waals surface area contributed by atoms with Gasteiger partial charge < -0.3 is 24.8 Å². The molecular formula is C35H40Cl2Zr. The molecule has 2 aliphatic rings. The quantitative estimate of drug-likeness (QED) is 0.408. The van der Waals surface area contributed by atoms with Gasteiger partial charge in [-0.3, -0.25) is 0 Å². The summed E-state index contributed by atoms with van der Waals surface area (Å²) in [6.45, 7) is 16.7. The van der Waals surface area contributed by atoms with Gasteiger partial charge in [0, 0.05) is 0 Å². The Hall–Kier alpha value is -1.53. The Kier molecular flexibility index (Phi) is 10.1. The summed E-state index contributed by atoms with van der Waals surface area (Å²) in [6.07, 6.45) is 5.00. The minimum Gasteiger partial charge on any atom is -1.00 e. The second-order valence-corrected chi connectivity index (χ2v) is 18.2. The Morgan fingerprint density at radius 2 is 1.32 bits per heavy atom. The van der Waals surface area contributed by atoms with Crippen LogP contribution in [0.4, 0.5) is 0 Å². The van der Waals surface area contributed by atoms with Gasteiger partial charge in [0.2, 0.25) is 0 Å². The molecule has 0 saturated carbocycles. The number of hydrogen-bond acceptors (Lipinski definition) is 0. The average Bonchev–Trinajstić information content (AvgIpc) is 3.41. The maximum atomic E-state index is 2.67. The van der Waals surface area contributed by atoms with E-state index >= 15 is 0 Å². The molecular weight excluding hydrogens is 583 g/mol. The van der Waals surface area contributed by atoms with Gasteiger partial charge in [0.15, 0.2) is 0 Å². The first kappa shape index (κ1) is 31.0. The van der Waals surface area contributed by atoms with Gasteiger partial charge in [-0.05, 0) is 0 Å². The van der Waals surface area contributed by atoms with Crippen LogP contribution in [-0.2, 0) is 21.3 Å². The van der Waals surface area contributed by atoms with E-state index in [4.69, 9.17) is 0 Å². The molecule has 3 aromatic carbocycles. The number of rotatable bonds is 5. The second-order valence-electron chi connectivity index (χ2n) is 11.6. The summed E-state index contributed by atoms with van der Waals surface area (Å²) in [6, 6.07) is 27.9. The topological polar surface area (TPSA) is 0 Å². The number of halogens is 2. The van der Waals surface area contributed by atoms with Gasteiger partial charge in [-0.2, -0.15) is 0 Å². The summed E-state index contributed by atoms with van der Waals surface area (Å²) >= 11 is -2.50. The van der Waals surface area contributed by atoms with Crippen molar-refractivity contribution in [3.05, 3.63) is 116 Å². The summed E-state index contributed by atoms with van der Waals surface area (Å²) in [7, 11) is 0. The molecule has 5 rings (SSSR count). The van der Waals surface area contributed by atoms with Gasteiger partial charge in [-0.15, -0.1) is 0 Å². The van der Waals surface area contributed by atoms with Crippen LogP contribution in [0.1, 0.15) is 80.3 Å². The zero-order chi connectivity index (χ0) is 25.6. The third-order valence-electron chi connectivity index (χ3n) is 8.29. The van der Waals surface area contributed by atoms with Crippen molar-refractivity contribution < 1.29 is 46.1 Å². The van der Waals surface area contributed by atoms with Crippen molar-refractivity contribution in [3.8, 4) is 11.1 Å². The number of benzene rings is 3. The van der Waals surface area contributed by atoms with E-state index in [0.717, 1.165) is 6.42 Å². The molecule has 0 aliphatic heterocycles. The molecule has 198 valence electrons. The smallest absolute Gasteiger partial charge is 1.00 e. The molecule has 38 heavy (non-hydrogen) atoms. The van der Waals surface area contributed by atoms with E-state index in [2.05, 4.69) is 127 Å². The summed E-state index contributed by atoms with van der Waals surface area (Å²) in [4.78, 5) is 0. The molecule has 0 bridgehead atoms. The number of aryl methyl sites for hydroxylation is 1. The second kappa shape index (κ2) is 12.3. The average molecular weight is 623 g/mol. The van der Waals surface area contributed by atoms with Crippen LogP contribution >= 0.6 is 0 Å². The van der Waals surface area contributed by atoms with Crippen molar-refractivity contribution in [2.24, 2.45) is 11.3 Å². The first-order valence-corrected chi connectivity index (χ1v) is 17.6. The molecule has 1 unspecified atom stereocenters. The maximum absolute atomic E-state index is 2.67. The van der Waals surface area contributed by atoms with Gasteiger partial charge in [0.25, 0.3) is 0 Å². The number of hydrogen-bond donors (Lipinski definition) is 0. The normalized spacial score (nSPS) is 16.8. The third kappa shape index (κ3) is 5.41. The van der Waals surface area contributed by atoms with Crippen LogP contribution in [0.5, 0.6) is 0 Å². The van der Waals surface area contributed by atoms with Crippen molar-refractivity contribution >= 4 is 3.21 Å². The van der Waals surface area contributed by atoms with Crippen molar-refractivity contribution in [2.75, 3.05) is 0 Å². The van der Waals surface area contributed by atoms with E-state index in [1.807, 2.05) is 3.28 Å². The third-order valence-corrected chi connectivity index (χ3v) is 17.0. The SMILES string of the molecule is CCC1=[C](/[Zr+2](=[C](\C)c2ccc(C)cc2)[CH]2c3ccccc3-c3ccccc32)C(CC)C=C1C(C)(C)C.[Cl-].[Cl-]. The van der Waals surface area contributed by atoms with Gasteiger partial charge in [0.1, 0.15) is 0 Å². The van der Waals surface area contributed by atoms with Gasteiger partial charge in [0.05, 0.1) is 0 Å². The fraction of sp³-hybridized carbons (Fsp3) is 0.343. The summed E-state index contributed by atoms with van der Waals surface area (Å²) < 4.78 is 4.08. The minimum absolute atomic E-state index is 0. The van der Waals surface area contributed by atoms with E-state index in [1.165, 1.54) is 28.7 Å². The van der Waals surface area contributed by atoms with E-state index < -0.39 is 21.3 Å². The zero-order valence-corrected chi connectivity index (χ0v) is 27.8. The molecule has 0 aromatic heterocycles. The van der Waals surface area contributed by atoms with Crippen LogP contribution in [0.15, 0.2) is 93.3 Å². The molecule has 2 aliphatic carbocycles. The van der Waals surface area contributed by atoms with Crippen molar-refractivity contribution in [3.63, 3.8) is 0 Å². The largest absolute Gasteiger partial charge is 1.00 e. The van der Waals surface area contributed by atoms with Gasteiger partial charge in [-0.25, -0.2) is 0 Å². The molecule has 0 nitrogen and oxygen atoms in total. The van der Waals surface area contributed by atoms with E-state index in [1.54, 1.807) is 25.5 Å². The summed E-state index contributed by atoms with van der Waals surface area (Å²) in [5, 5.41) is 0. The van der Waals surface area contributed by atoms with E-state index in [0.29, 0.717) is 9.54 Å².